The van der Waals surface area contributed by atoms with Gasteiger partial charge in [-0.05, 0) is 25.8 Å². The summed E-state index contributed by atoms with van der Waals surface area (Å²) < 4.78 is 1.93. The standard InChI is InChI=1S/C16H16N2O2S/c1-4-11-5-7-12(8-6-11)13-9(2)18-10(3)14(15(19)20)21-16(18)17-13/h5-8H,4H2,1-3H3,(H,19,20). The lowest BCUT2D eigenvalue weighted by Gasteiger charge is -2.02. The number of carboxylic acids is 1. The van der Waals surface area contributed by atoms with Crippen LogP contribution in [0.15, 0.2) is 24.3 Å². The summed E-state index contributed by atoms with van der Waals surface area (Å²) >= 11 is 1.22. The molecule has 0 spiro atoms. The minimum atomic E-state index is -0.892. The van der Waals surface area contributed by atoms with Gasteiger partial charge in [0.2, 0.25) is 0 Å². The van der Waals surface area contributed by atoms with E-state index in [1.807, 2.05) is 18.2 Å². The Bertz CT molecular complexity index is 828. The molecule has 0 atom stereocenters. The molecule has 1 N–H and O–H groups in total. The second-order valence-electron chi connectivity index (χ2n) is 5.04. The third-order valence-corrected chi connectivity index (χ3v) is 4.89. The van der Waals surface area contributed by atoms with Gasteiger partial charge in [0.1, 0.15) is 4.88 Å². The number of hydrogen-bond acceptors (Lipinski definition) is 3. The molecule has 0 aliphatic carbocycles. The molecule has 3 aromatic rings. The van der Waals surface area contributed by atoms with Crippen molar-refractivity contribution in [2.45, 2.75) is 27.2 Å². The van der Waals surface area contributed by atoms with E-state index in [-0.39, 0.29) is 0 Å². The molecule has 0 unspecified atom stereocenters. The first-order chi connectivity index (χ1) is 10.0. The second-order valence-corrected chi connectivity index (χ2v) is 6.01. The molecule has 0 radical (unpaired) electrons. The van der Waals surface area contributed by atoms with Gasteiger partial charge >= 0.3 is 5.97 Å². The largest absolute Gasteiger partial charge is 0.477 e. The zero-order valence-corrected chi connectivity index (χ0v) is 13.0. The normalized spacial score (nSPS) is 11.2. The first-order valence-corrected chi connectivity index (χ1v) is 7.65. The molecule has 4 nitrogen and oxygen atoms in total. The molecule has 1 aromatic carbocycles. The van der Waals surface area contributed by atoms with Crippen LogP contribution in [0.5, 0.6) is 0 Å². The van der Waals surface area contributed by atoms with Crippen LogP contribution in [0, 0.1) is 13.8 Å². The highest BCUT2D eigenvalue weighted by atomic mass is 32.1. The van der Waals surface area contributed by atoms with Gasteiger partial charge in [0.25, 0.3) is 0 Å². The van der Waals surface area contributed by atoms with E-state index in [0.717, 1.165) is 34.0 Å². The third-order valence-electron chi connectivity index (χ3n) is 3.76. The number of benzene rings is 1. The van der Waals surface area contributed by atoms with E-state index >= 15 is 0 Å². The molecule has 5 heteroatoms. The smallest absolute Gasteiger partial charge is 0.347 e. The monoisotopic (exact) mass is 300 g/mol. The van der Waals surface area contributed by atoms with Crippen molar-refractivity contribution in [3.63, 3.8) is 0 Å². The Kier molecular flexibility index (Phi) is 3.29. The van der Waals surface area contributed by atoms with Gasteiger partial charge in [-0.15, -0.1) is 0 Å². The second kappa shape index (κ2) is 5.00. The number of carboxylic acid groups (broad SMARTS) is 1. The predicted molar refractivity (Wildman–Crippen MR) is 84.3 cm³/mol. The van der Waals surface area contributed by atoms with E-state index in [9.17, 15) is 9.90 Å². The van der Waals surface area contributed by atoms with E-state index in [1.165, 1.54) is 16.9 Å². The number of thiazole rings is 1. The molecular weight excluding hydrogens is 284 g/mol. The van der Waals surface area contributed by atoms with Crippen LogP contribution in [0.2, 0.25) is 0 Å². The summed E-state index contributed by atoms with van der Waals surface area (Å²) in [4.78, 5) is 16.9. The average molecular weight is 300 g/mol. The summed E-state index contributed by atoms with van der Waals surface area (Å²) in [5, 5.41) is 9.19. The summed E-state index contributed by atoms with van der Waals surface area (Å²) in [5.74, 6) is -0.892. The van der Waals surface area contributed by atoms with Gasteiger partial charge < -0.3 is 5.11 Å². The van der Waals surface area contributed by atoms with Crippen molar-refractivity contribution in [1.82, 2.24) is 9.38 Å². The van der Waals surface area contributed by atoms with Crippen LogP contribution in [0.25, 0.3) is 16.2 Å². The summed E-state index contributed by atoms with van der Waals surface area (Å²) in [7, 11) is 0. The number of nitrogens with zero attached hydrogens (tertiary/aromatic N) is 2. The van der Waals surface area contributed by atoms with Crippen molar-refractivity contribution in [2.24, 2.45) is 0 Å². The maximum absolute atomic E-state index is 11.2. The first-order valence-electron chi connectivity index (χ1n) is 6.84. The number of imidazole rings is 1. The van der Waals surface area contributed by atoms with Crippen molar-refractivity contribution < 1.29 is 9.90 Å². The predicted octanol–water partition coefficient (Wildman–Crippen LogP) is 3.94. The van der Waals surface area contributed by atoms with Crippen molar-refractivity contribution in [1.29, 1.82) is 0 Å². The van der Waals surface area contributed by atoms with E-state index in [0.29, 0.717) is 4.88 Å². The Hall–Kier alpha value is -2.14. The third kappa shape index (κ3) is 2.14. The molecule has 0 aliphatic heterocycles. The topological polar surface area (TPSA) is 54.6 Å². The molecule has 0 saturated heterocycles. The molecule has 2 heterocycles. The molecule has 3 rings (SSSR count). The Labute approximate surface area is 126 Å². The van der Waals surface area contributed by atoms with Crippen molar-refractivity contribution in [3.8, 4) is 11.3 Å². The number of aromatic nitrogens is 2. The zero-order chi connectivity index (χ0) is 15.1. The first kappa shape index (κ1) is 13.8. The number of aromatic carboxylic acids is 1. The van der Waals surface area contributed by atoms with Gasteiger partial charge in [0.15, 0.2) is 4.96 Å². The van der Waals surface area contributed by atoms with Crippen LogP contribution in [0.4, 0.5) is 0 Å². The fraction of sp³-hybridized carbons (Fsp3) is 0.250. The lowest BCUT2D eigenvalue weighted by molar-refractivity contribution is 0.0701. The van der Waals surface area contributed by atoms with Crippen LogP contribution >= 0.6 is 11.3 Å². The molecule has 0 bridgehead atoms. The SMILES string of the molecule is CCc1ccc(-c2nc3sc(C(=O)O)c(C)n3c2C)cc1. The van der Waals surface area contributed by atoms with E-state index < -0.39 is 5.97 Å². The number of aryl methyl sites for hydroxylation is 3. The Morgan fingerprint density at radius 1 is 1.24 bits per heavy atom. The fourth-order valence-corrected chi connectivity index (χ4v) is 3.59. The number of carbonyl (C=O) groups is 1. The lowest BCUT2D eigenvalue weighted by Crippen LogP contribution is -1.98. The fourth-order valence-electron chi connectivity index (χ4n) is 2.58. The van der Waals surface area contributed by atoms with Gasteiger partial charge in [-0.1, -0.05) is 42.5 Å². The Balaban J connectivity index is 2.16. The maximum Gasteiger partial charge on any atom is 0.347 e. The maximum atomic E-state index is 11.2. The van der Waals surface area contributed by atoms with Crippen LogP contribution in [0.1, 0.15) is 33.5 Å². The number of fused-ring (bicyclic) bond motifs is 1. The van der Waals surface area contributed by atoms with E-state index in [2.05, 4.69) is 36.2 Å². The highest BCUT2D eigenvalue weighted by Crippen LogP contribution is 2.30. The van der Waals surface area contributed by atoms with Crippen molar-refractivity contribution >= 4 is 22.3 Å². The Morgan fingerprint density at radius 3 is 2.43 bits per heavy atom. The summed E-state index contributed by atoms with van der Waals surface area (Å²) in [6.07, 6.45) is 1.01. The average Bonchev–Trinajstić information content (AvgIpc) is 2.97. The summed E-state index contributed by atoms with van der Waals surface area (Å²) in [6.45, 7) is 5.93. The van der Waals surface area contributed by atoms with Crippen molar-refractivity contribution in [2.75, 3.05) is 0 Å². The van der Waals surface area contributed by atoms with Crippen molar-refractivity contribution in [3.05, 3.63) is 46.1 Å². The summed E-state index contributed by atoms with van der Waals surface area (Å²) in [5.41, 5.74) is 5.00. The number of rotatable bonds is 3. The molecule has 0 amide bonds. The van der Waals surface area contributed by atoms with E-state index in [1.54, 1.807) is 0 Å². The molecule has 2 aromatic heterocycles. The molecule has 0 fully saturated rings. The minimum Gasteiger partial charge on any atom is -0.477 e. The summed E-state index contributed by atoms with van der Waals surface area (Å²) in [6, 6.07) is 8.37. The molecule has 0 saturated carbocycles. The van der Waals surface area contributed by atoms with Gasteiger partial charge in [-0.25, -0.2) is 9.78 Å². The Morgan fingerprint density at radius 2 is 1.90 bits per heavy atom. The van der Waals surface area contributed by atoms with E-state index in [4.69, 9.17) is 0 Å². The minimum absolute atomic E-state index is 0.355. The zero-order valence-electron chi connectivity index (χ0n) is 12.2. The van der Waals surface area contributed by atoms with Gasteiger partial charge in [0.05, 0.1) is 5.69 Å². The van der Waals surface area contributed by atoms with Gasteiger partial charge in [-0.2, -0.15) is 0 Å². The van der Waals surface area contributed by atoms with Crippen LogP contribution in [-0.4, -0.2) is 20.5 Å². The molecule has 0 aliphatic rings. The quantitative estimate of drug-likeness (QED) is 0.797. The van der Waals surface area contributed by atoms with Crippen LogP contribution < -0.4 is 0 Å². The molecule has 108 valence electrons. The molecule has 21 heavy (non-hydrogen) atoms. The highest BCUT2D eigenvalue weighted by Gasteiger charge is 2.20. The lowest BCUT2D eigenvalue weighted by atomic mass is 10.1. The van der Waals surface area contributed by atoms with Gasteiger partial charge in [-0.3, -0.25) is 4.40 Å². The number of hydrogen-bond donors (Lipinski definition) is 1. The van der Waals surface area contributed by atoms with Crippen LogP contribution in [0.3, 0.4) is 0 Å². The van der Waals surface area contributed by atoms with Crippen LogP contribution in [-0.2, 0) is 6.42 Å². The molecular formula is C16H16N2O2S. The van der Waals surface area contributed by atoms with Gasteiger partial charge in [0, 0.05) is 17.0 Å². The highest BCUT2D eigenvalue weighted by molar-refractivity contribution is 7.19.